The van der Waals surface area contributed by atoms with Crippen LogP contribution in [0.4, 0.5) is 5.82 Å². The minimum Gasteiger partial charge on any atom is -0.481 e. The van der Waals surface area contributed by atoms with Crippen molar-refractivity contribution in [1.82, 2.24) is 9.97 Å². The molecular weight excluding hydrogens is 218 g/mol. The van der Waals surface area contributed by atoms with Crippen LogP contribution in [0.2, 0.25) is 0 Å². The third kappa shape index (κ3) is 2.72. The highest BCUT2D eigenvalue weighted by Gasteiger charge is 2.27. The van der Waals surface area contributed by atoms with E-state index in [0.29, 0.717) is 0 Å². The zero-order valence-electron chi connectivity index (χ0n) is 10.2. The van der Waals surface area contributed by atoms with Crippen molar-refractivity contribution in [2.75, 3.05) is 11.4 Å². The van der Waals surface area contributed by atoms with Gasteiger partial charge in [0.2, 0.25) is 0 Å². The molecule has 1 aliphatic rings. The Morgan fingerprint density at radius 1 is 1.53 bits per heavy atom. The maximum Gasteiger partial charge on any atom is 0.305 e. The largest absolute Gasteiger partial charge is 0.481 e. The van der Waals surface area contributed by atoms with Gasteiger partial charge in [0.1, 0.15) is 11.6 Å². The molecule has 1 N–H and O–H groups in total. The lowest BCUT2D eigenvalue weighted by Gasteiger charge is -2.24. The SMILES string of the molecule is Cc1cc(N2CCCC2CC(=O)O)nc(C)n1. The van der Waals surface area contributed by atoms with E-state index in [-0.39, 0.29) is 12.5 Å². The summed E-state index contributed by atoms with van der Waals surface area (Å²) in [5.41, 5.74) is 0.925. The smallest absolute Gasteiger partial charge is 0.305 e. The topological polar surface area (TPSA) is 66.3 Å². The number of aliphatic carboxylic acids is 1. The molecule has 92 valence electrons. The zero-order chi connectivity index (χ0) is 12.4. The lowest BCUT2D eigenvalue weighted by atomic mass is 10.1. The molecule has 1 unspecified atom stereocenters. The van der Waals surface area contributed by atoms with Crippen molar-refractivity contribution in [3.8, 4) is 0 Å². The highest BCUT2D eigenvalue weighted by molar-refractivity contribution is 5.68. The van der Waals surface area contributed by atoms with Gasteiger partial charge < -0.3 is 10.0 Å². The fourth-order valence-corrected chi connectivity index (χ4v) is 2.40. The Bertz CT molecular complexity index is 414. The molecule has 0 bridgehead atoms. The number of anilines is 1. The van der Waals surface area contributed by atoms with Gasteiger partial charge in [-0.3, -0.25) is 4.79 Å². The fourth-order valence-electron chi connectivity index (χ4n) is 2.40. The summed E-state index contributed by atoms with van der Waals surface area (Å²) >= 11 is 0. The fraction of sp³-hybridized carbons (Fsp3) is 0.583. The third-order valence-electron chi connectivity index (χ3n) is 3.03. The van der Waals surface area contributed by atoms with Crippen molar-refractivity contribution in [1.29, 1.82) is 0 Å². The maximum atomic E-state index is 10.8. The van der Waals surface area contributed by atoms with Crippen molar-refractivity contribution in [2.24, 2.45) is 0 Å². The molecule has 2 rings (SSSR count). The van der Waals surface area contributed by atoms with Crippen LogP contribution in [0.1, 0.15) is 30.8 Å². The van der Waals surface area contributed by atoms with Gasteiger partial charge in [0.05, 0.1) is 6.42 Å². The first-order valence-corrected chi connectivity index (χ1v) is 5.87. The van der Waals surface area contributed by atoms with Crippen LogP contribution in [0.5, 0.6) is 0 Å². The number of carboxylic acids is 1. The lowest BCUT2D eigenvalue weighted by Crippen LogP contribution is -2.32. The Hall–Kier alpha value is -1.65. The number of carboxylic acid groups (broad SMARTS) is 1. The van der Waals surface area contributed by atoms with Gasteiger partial charge in [-0.1, -0.05) is 0 Å². The Kier molecular flexibility index (Phi) is 3.26. The number of aryl methyl sites for hydroxylation is 2. The van der Waals surface area contributed by atoms with Gasteiger partial charge in [0.25, 0.3) is 0 Å². The predicted octanol–water partition coefficient (Wildman–Crippen LogP) is 1.54. The van der Waals surface area contributed by atoms with Gasteiger partial charge in [0, 0.05) is 24.3 Å². The van der Waals surface area contributed by atoms with E-state index < -0.39 is 5.97 Å². The van der Waals surface area contributed by atoms with Gasteiger partial charge in [-0.25, -0.2) is 9.97 Å². The molecule has 0 amide bonds. The summed E-state index contributed by atoms with van der Waals surface area (Å²) in [6.07, 6.45) is 2.14. The minimum absolute atomic E-state index is 0.0706. The monoisotopic (exact) mass is 235 g/mol. The molecule has 1 atom stereocenters. The summed E-state index contributed by atoms with van der Waals surface area (Å²) < 4.78 is 0. The molecule has 1 aliphatic heterocycles. The molecule has 0 saturated carbocycles. The van der Waals surface area contributed by atoms with Crippen molar-refractivity contribution in [2.45, 2.75) is 39.2 Å². The van der Waals surface area contributed by atoms with Crippen LogP contribution >= 0.6 is 0 Å². The summed E-state index contributed by atoms with van der Waals surface area (Å²) in [4.78, 5) is 21.5. The molecule has 5 heteroatoms. The molecular formula is C12H17N3O2. The van der Waals surface area contributed by atoms with E-state index in [0.717, 1.165) is 36.7 Å². The predicted molar refractivity (Wildman–Crippen MR) is 64.1 cm³/mol. The van der Waals surface area contributed by atoms with Crippen LogP contribution in [-0.2, 0) is 4.79 Å². The molecule has 0 spiro atoms. The van der Waals surface area contributed by atoms with E-state index >= 15 is 0 Å². The van der Waals surface area contributed by atoms with Gasteiger partial charge in [-0.05, 0) is 26.7 Å². The van der Waals surface area contributed by atoms with Gasteiger partial charge >= 0.3 is 5.97 Å². The van der Waals surface area contributed by atoms with E-state index in [9.17, 15) is 4.79 Å². The minimum atomic E-state index is -0.746. The summed E-state index contributed by atoms with van der Waals surface area (Å²) in [6, 6.07) is 1.99. The van der Waals surface area contributed by atoms with Crippen LogP contribution in [-0.4, -0.2) is 33.6 Å². The molecule has 1 saturated heterocycles. The first kappa shape index (κ1) is 11.8. The van der Waals surface area contributed by atoms with E-state index in [4.69, 9.17) is 5.11 Å². The number of hydrogen-bond donors (Lipinski definition) is 1. The zero-order valence-corrected chi connectivity index (χ0v) is 10.2. The summed E-state index contributed by atoms with van der Waals surface area (Å²) in [6.45, 7) is 4.67. The van der Waals surface area contributed by atoms with Crippen LogP contribution in [0.25, 0.3) is 0 Å². The highest BCUT2D eigenvalue weighted by atomic mass is 16.4. The Balaban J connectivity index is 2.22. The van der Waals surface area contributed by atoms with Crippen LogP contribution in [0.3, 0.4) is 0 Å². The molecule has 0 aliphatic carbocycles. The molecule has 1 aromatic heterocycles. The molecule has 1 fully saturated rings. The quantitative estimate of drug-likeness (QED) is 0.860. The van der Waals surface area contributed by atoms with Crippen molar-refractivity contribution in [3.05, 3.63) is 17.6 Å². The summed E-state index contributed by atoms with van der Waals surface area (Å²) in [7, 11) is 0. The van der Waals surface area contributed by atoms with E-state index in [1.54, 1.807) is 0 Å². The van der Waals surface area contributed by atoms with Crippen LogP contribution in [0.15, 0.2) is 6.07 Å². The molecule has 5 nitrogen and oxygen atoms in total. The maximum absolute atomic E-state index is 10.8. The first-order valence-electron chi connectivity index (χ1n) is 5.87. The standard InChI is InChI=1S/C12H17N3O2/c1-8-6-11(14-9(2)13-8)15-5-3-4-10(15)7-12(16)17/h6,10H,3-5,7H2,1-2H3,(H,16,17). The third-order valence-corrected chi connectivity index (χ3v) is 3.03. The Morgan fingerprint density at radius 2 is 2.29 bits per heavy atom. The Labute approximate surface area is 100 Å². The van der Waals surface area contributed by atoms with Gasteiger partial charge in [0.15, 0.2) is 0 Å². The summed E-state index contributed by atoms with van der Waals surface area (Å²) in [5.74, 6) is 0.851. The second-order valence-corrected chi connectivity index (χ2v) is 4.50. The van der Waals surface area contributed by atoms with E-state index in [1.165, 1.54) is 0 Å². The van der Waals surface area contributed by atoms with Crippen molar-refractivity contribution < 1.29 is 9.90 Å². The average molecular weight is 235 g/mol. The molecule has 17 heavy (non-hydrogen) atoms. The number of rotatable bonds is 3. The van der Waals surface area contributed by atoms with Gasteiger partial charge in [-0.2, -0.15) is 0 Å². The van der Waals surface area contributed by atoms with Crippen molar-refractivity contribution >= 4 is 11.8 Å². The molecule has 1 aromatic rings. The molecule has 0 aromatic carbocycles. The number of nitrogens with zero attached hydrogens (tertiary/aromatic N) is 3. The van der Waals surface area contributed by atoms with Crippen molar-refractivity contribution in [3.63, 3.8) is 0 Å². The lowest BCUT2D eigenvalue weighted by molar-refractivity contribution is -0.137. The van der Waals surface area contributed by atoms with Gasteiger partial charge in [-0.15, -0.1) is 0 Å². The number of aromatic nitrogens is 2. The second kappa shape index (κ2) is 4.69. The Morgan fingerprint density at radius 3 is 2.94 bits per heavy atom. The second-order valence-electron chi connectivity index (χ2n) is 4.50. The molecule has 2 heterocycles. The number of carbonyl (C=O) groups is 1. The number of hydrogen-bond acceptors (Lipinski definition) is 4. The normalized spacial score (nSPS) is 19.6. The highest BCUT2D eigenvalue weighted by Crippen LogP contribution is 2.26. The average Bonchev–Trinajstić information content (AvgIpc) is 2.63. The molecule has 0 radical (unpaired) electrons. The summed E-state index contributed by atoms with van der Waals surface area (Å²) in [5, 5.41) is 8.89. The first-order chi connectivity index (χ1) is 8.06. The van der Waals surface area contributed by atoms with E-state index in [2.05, 4.69) is 14.9 Å². The van der Waals surface area contributed by atoms with E-state index in [1.807, 2.05) is 19.9 Å². The van der Waals surface area contributed by atoms with Crippen LogP contribution in [0, 0.1) is 13.8 Å². The van der Waals surface area contributed by atoms with Crippen LogP contribution < -0.4 is 4.90 Å².